The van der Waals surface area contributed by atoms with Crippen molar-refractivity contribution in [2.75, 3.05) is 7.11 Å². The van der Waals surface area contributed by atoms with E-state index < -0.39 is 0 Å². The molecule has 0 spiro atoms. The van der Waals surface area contributed by atoms with Crippen molar-refractivity contribution in [3.05, 3.63) is 63.6 Å². The van der Waals surface area contributed by atoms with E-state index in [0.29, 0.717) is 5.92 Å². The average molecular weight is 346 g/mol. The number of rotatable bonds is 3. The van der Waals surface area contributed by atoms with E-state index in [-0.39, 0.29) is 6.04 Å². The van der Waals surface area contributed by atoms with Crippen molar-refractivity contribution in [1.82, 2.24) is 0 Å². The highest BCUT2D eigenvalue weighted by Crippen LogP contribution is 2.36. The third kappa shape index (κ3) is 2.99. The van der Waals surface area contributed by atoms with Gasteiger partial charge in [-0.2, -0.15) is 0 Å². The zero-order valence-electron chi connectivity index (χ0n) is 12.2. The maximum absolute atomic E-state index is 6.52. The average Bonchev–Trinajstić information content (AvgIpc) is 2.51. The van der Waals surface area contributed by atoms with Crippen molar-refractivity contribution in [2.24, 2.45) is 11.7 Å². The molecule has 2 unspecified atom stereocenters. The Hall–Kier alpha value is -1.32. The monoisotopic (exact) mass is 345 g/mol. The predicted octanol–water partition coefficient (Wildman–Crippen LogP) is 4.26. The molecular weight excluding hydrogens is 326 g/mol. The van der Waals surface area contributed by atoms with Crippen LogP contribution in [0.4, 0.5) is 0 Å². The summed E-state index contributed by atoms with van der Waals surface area (Å²) in [7, 11) is 1.73. The number of ether oxygens (including phenoxy) is 1. The Morgan fingerprint density at radius 3 is 2.86 bits per heavy atom. The van der Waals surface area contributed by atoms with Gasteiger partial charge in [-0.25, -0.2) is 0 Å². The Morgan fingerprint density at radius 1 is 1.24 bits per heavy atom. The topological polar surface area (TPSA) is 35.2 Å². The number of fused-ring (bicyclic) bond motifs is 1. The number of hydrogen-bond donors (Lipinski definition) is 1. The van der Waals surface area contributed by atoms with Crippen LogP contribution in [0.3, 0.4) is 0 Å². The molecule has 2 aromatic rings. The third-order valence-electron chi connectivity index (χ3n) is 4.43. The van der Waals surface area contributed by atoms with E-state index in [2.05, 4.69) is 46.3 Å². The maximum atomic E-state index is 6.52. The van der Waals surface area contributed by atoms with Gasteiger partial charge in [-0.1, -0.05) is 40.2 Å². The summed E-state index contributed by atoms with van der Waals surface area (Å²) in [5.41, 5.74) is 10.5. The number of halogens is 1. The Labute approximate surface area is 134 Å². The van der Waals surface area contributed by atoms with Crippen molar-refractivity contribution in [3.8, 4) is 5.75 Å². The lowest BCUT2D eigenvalue weighted by Crippen LogP contribution is -2.28. The number of aryl methyl sites for hydroxylation is 1. The van der Waals surface area contributed by atoms with E-state index in [9.17, 15) is 0 Å². The molecule has 0 heterocycles. The quantitative estimate of drug-likeness (QED) is 0.901. The van der Waals surface area contributed by atoms with Gasteiger partial charge in [-0.05, 0) is 60.1 Å². The van der Waals surface area contributed by atoms with Crippen LogP contribution in [0, 0.1) is 5.92 Å². The minimum absolute atomic E-state index is 0.110. The first-order valence-electron chi connectivity index (χ1n) is 7.35. The summed E-state index contributed by atoms with van der Waals surface area (Å²) in [5.74, 6) is 1.41. The van der Waals surface area contributed by atoms with E-state index in [4.69, 9.17) is 10.5 Å². The van der Waals surface area contributed by atoms with Crippen LogP contribution in [-0.2, 0) is 12.8 Å². The molecule has 0 bridgehead atoms. The molecule has 2 N–H and O–H groups in total. The number of methoxy groups -OCH3 is 1. The molecule has 0 fully saturated rings. The fourth-order valence-corrected chi connectivity index (χ4v) is 3.69. The van der Waals surface area contributed by atoms with Gasteiger partial charge in [0.15, 0.2) is 0 Å². The second-order valence-electron chi connectivity index (χ2n) is 5.68. The summed E-state index contributed by atoms with van der Waals surface area (Å²) >= 11 is 3.54. The Morgan fingerprint density at radius 2 is 2.05 bits per heavy atom. The SMILES string of the molecule is COc1ccc(Br)cc1CC1CCc2ccccc2C1N. The number of benzene rings is 2. The molecule has 0 aromatic heterocycles. The minimum Gasteiger partial charge on any atom is -0.496 e. The van der Waals surface area contributed by atoms with Gasteiger partial charge >= 0.3 is 0 Å². The van der Waals surface area contributed by atoms with E-state index in [1.807, 2.05) is 12.1 Å². The normalized spacial score (nSPS) is 20.9. The molecule has 21 heavy (non-hydrogen) atoms. The first-order valence-corrected chi connectivity index (χ1v) is 8.14. The van der Waals surface area contributed by atoms with Gasteiger partial charge in [-0.15, -0.1) is 0 Å². The molecule has 2 nitrogen and oxygen atoms in total. The van der Waals surface area contributed by atoms with Crippen LogP contribution < -0.4 is 10.5 Å². The third-order valence-corrected chi connectivity index (χ3v) is 4.92. The molecule has 3 heteroatoms. The molecule has 0 amide bonds. The van der Waals surface area contributed by atoms with Gasteiger partial charge in [0.1, 0.15) is 5.75 Å². The van der Waals surface area contributed by atoms with E-state index >= 15 is 0 Å². The van der Waals surface area contributed by atoms with Crippen molar-refractivity contribution in [1.29, 1.82) is 0 Å². The van der Waals surface area contributed by atoms with E-state index in [1.54, 1.807) is 7.11 Å². The second-order valence-corrected chi connectivity index (χ2v) is 6.60. The standard InChI is InChI=1S/C18H20BrNO/c1-21-17-9-8-15(19)11-14(17)10-13-7-6-12-4-2-3-5-16(12)18(13)20/h2-5,8-9,11,13,18H,6-7,10,20H2,1H3. The summed E-state index contributed by atoms with van der Waals surface area (Å²) in [6, 6.07) is 14.8. The lowest BCUT2D eigenvalue weighted by molar-refractivity contribution is 0.362. The minimum atomic E-state index is 0.110. The van der Waals surface area contributed by atoms with Crippen LogP contribution in [0.1, 0.15) is 29.2 Å². The van der Waals surface area contributed by atoms with Crippen molar-refractivity contribution in [2.45, 2.75) is 25.3 Å². The highest BCUT2D eigenvalue weighted by molar-refractivity contribution is 9.10. The zero-order valence-corrected chi connectivity index (χ0v) is 13.8. The molecule has 2 atom stereocenters. The molecule has 1 aliphatic rings. The summed E-state index contributed by atoms with van der Waals surface area (Å²) in [6.45, 7) is 0. The predicted molar refractivity (Wildman–Crippen MR) is 89.6 cm³/mol. The second kappa shape index (κ2) is 6.20. The number of hydrogen-bond acceptors (Lipinski definition) is 2. The summed E-state index contributed by atoms with van der Waals surface area (Å²) < 4.78 is 6.57. The van der Waals surface area contributed by atoms with E-state index in [1.165, 1.54) is 16.7 Å². The molecule has 2 aromatic carbocycles. The molecule has 3 rings (SSSR count). The van der Waals surface area contributed by atoms with Gasteiger partial charge in [0.2, 0.25) is 0 Å². The molecule has 0 aliphatic heterocycles. The smallest absolute Gasteiger partial charge is 0.122 e. The molecule has 1 aliphatic carbocycles. The van der Waals surface area contributed by atoms with E-state index in [0.717, 1.165) is 29.5 Å². The van der Waals surface area contributed by atoms with Crippen LogP contribution in [0.5, 0.6) is 5.75 Å². The molecule has 0 radical (unpaired) electrons. The first kappa shape index (κ1) is 14.6. The largest absolute Gasteiger partial charge is 0.496 e. The van der Waals surface area contributed by atoms with Gasteiger partial charge in [-0.3, -0.25) is 0 Å². The van der Waals surface area contributed by atoms with Crippen molar-refractivity contribution < 1.29 is 4.74 Å². The Bertz CT molecular complexity index is 641. The summed E-state index contributed by atoms with van der Waals surface area (Å²) in [5, 5.41) is 0. The zero-order chi connectivity index (χ0) is 14.8. The fourth-order valence-electron chi connectivity index (χ4n) is 3.28. The van der Waals surface area contributed by atoms with Crippen LogP contribution in [0.25, 0.3) is 0 Å². The maximum Gasteiger partial charge on any atom is 0.122 e. The van der Waals surface area contributed by atoms with Crippen LogP contribution >= 0.6 is 15.9 Å². The van der Waals surface area contributed by atoms with Crippen LogP contribution in [-0.4, -0.2) is 7.11 Å². The van der Waals surface area contributed by atoms with Gasteiger partial charge < -0.3 is 10.5 Å². The highest BCUT2D eigenvalue weighted by Gasteiger charge is 2.27. The van der Waals surface area contributed by atoms with Crippen LogP contribution in [0.2, 0.25) is 0 Å². The Kier molecular flexibility index (Phi) is 4.32. The molecule has 0 saturated carbocycles. The summed E-state index contributed by atoms with van der Waals surface area (Å²) in [6.07, 6.45) is 3.21. The number of nitrogens with two attached hydrogens (primary N) is 1. The van der Waals surface area contributed by atoms with Gasteiger partial charge in [0.05, 0.1) is 7.11 Å². The van der Waals surface area contributed by atoms with Crippen LogP contribution in [0.15, 0.2) is 46.9 Å². The molecule has 110 valence electrons. The lowest BCUT2D eigenvalue weighted by Gasteiger charge is -2.31. The summed E-state index contributed by atoms with van der Waals surface area (Å²) in [4.78, 5) is 0. The molecular formula is C18H20BrNO. The van der Waals surface area contributed by atoms with Gasteiger partial charge in [0.25, 0.3) is 0 Å². The fraction of sp³-hybridized carbons (Fsp3) is 0.333. The van der Waals surface area contributed by atoms with Crippen molar-refractivity contribution >= 4 is 15.9 Å². The highest BCUT2D eigenvalue weighted by atomic mass is 79.9. The first-order chi connectivity index (χ1) is 10.2. The van der Waals surface area contributed by atoms with Crippen molar-refractivity contribution in [3.63, 3.8) is 0 Å². The molecule has 0 saturated heterocycles. The lowest BCUT2D eigenvalue weighted by atomic mass is 9.77. The Balaban J connectivity index is 1.85. The van der Waals surface area contributed by atoms with Gasteiger partial charge in [0, 0.05) is 10.5 Å².